The summed E-state index contributed by atoms with van der Waals surface area (Å²) in [6, 6.07) is 7.83. The van der Waals surface area contributed by atoms with Crippen molar-refractivity contribution in [2.45, 2.75) is 32.4 Å². The van der Waals surface area contributed by atoms with Crippen LogP contribution >= 0.6 is 28.6 Å². The maximum Gasteiger partial charge on any atom is 0.219 e. The van der Waals surface area contributed by atoms with Crippen molar-refractivity contribution in [3.05, 3.63) is 52.9 Å². The second kappa shape index (κ2) is 9.65. The molecular formula is C20H24BrClN6O. The first-order valence-corrected chi connectivity index (χ1v) is 9.88. The van der Waals surface area contributed by atoms with Crippen LogP contribution in [-0.4, -0.2) is 50.2 Å². The van der Waals surface area contributed by atoms with Crippen molar-refractivity contribution in [3.8, 4) is 0 Å². The third-order valence-corrected chi connectivity index (χ3v) is 5.56. The fourth-order valence-corrected chi connectivity index (χ4v) is 3.88. The molecule has 3 heterocycles. The predicted octanol–water partition coefficient (Wildman–Crippen LogP) is 3.18. The third kappa shape index (κ3) is 4.76. The molecule has 1 atom stereocenters. The summed E-state index contributed by atoms with van der Waals surface area (Å²) in [6.07, 6.45) is 4.30. The number of nitrogens with zero attached hydrogens (tertiary/aromatic N) is 5. The number of nitrogens with one attached hydrogen (secondary N) is 1. The molecule has 1 saturated heterocycles. The van der Waals surface area contributed by atoms with Crippen molar-refractivity contribution in [1.82, 2.24) is 30.0 Å². The van der Waals surface area contributed by atoms with E-state index in [2.05, 4.69) is 15.3 Å². The molecule has 2 aromatic heterocycles. The number of hydrogen-bond donors (Lipinski definition) is 1. The summed E-state index contributed by atoms with van der Waals surface area (Å²) in [4.78, 5) is 22.5. The van der Waals surface area contributed by atoms with Crippen LogP contribution in [0.1, 0.15) is 30.5 Å². The molecule has 0 saturated carbocycles. The first kappa shape index (κ1) is 21.7. The molecule has 1 aliphatic heterocycles. The second-order valence-electron chi connectivity index (χ2n) is 7.06. The fourth-order valence-electron chi connectivity index (χ4n) is 3.68. The zero-order chi connectivity index (χ0) is 19.5. The van der Waals surface area contributed by atoms with Crippen molar-refractivity contribution in [2.24, 2.45) is 0 Å². The second-order valence-corrected chi connectivity index (χ2v) is 7.46. The molecule has 1 aromatic carbocycles. The number of hydrogen-bond acceptors (Lipinski definition) is 5. The van der Waals surface area contributed by atoms with Gasteiger partial charge in [0.05, 0.1) is 12.2 Å². The Balaban J connectivity index is 0.00000240. The highest BCUT2D eigenvalue weighted by molar-refractivity contribution is 8.93. The Bertz CT molecular complexity index is 994. The monoisotopic (exact) mass is 478 g/mol. The van der Waals surface area contributed by atoms with E-state index in [1.54, 1.807) is 19.3 Å². The summed E-state index contributed by atoms with van der Waals surface area (Å²) in [6.45, 7) is 5.21. The number of carbonyl (C=O) groups is 1. The van der Waals surface area contributed by atoms with Crippen LogP contribution in [0.4, 0.5) is 0 Å². The van der Waals surface area contributed by atoms with Crippen LogP contribution in [0.15, 0.2) is 36.7 Å². The van der Waals surface area contributed by atoms with Gasteiger partial charge in [-0.1, -0.05) is 29.8 Å². The smallest absolute Gasteiger partial charge is 0.219 e. The first-order valence-electron chi connectivity index (χ1n) is 9.50. The molecular weight excluding hydrogens is 456 g/mol. The van der Waals surface area contributed by atoms with Gasteiger partial charge in [-0.25, -0.2) is 14.6 Å². The Labute approximate surface area is 185 Å². The van der Waals surface area contributed by atoms with Gasteiger partial charge in [0.1, 0.15) is 5.52 Å². The van der Waals surface area contributed by atoms with Crippen LogP contribution in [0.2, 0.25) is 5.02 Å². The van der Waals surface area contributed by atoms with Crippen molar-refractivity contribution in [1.29, 1.82) is 0 Å². The van der Waals surface area contributed by atoms with Crippen LogP contribution < -0.4 is 5.32 Å². The lowest BCUT2D eigenvalue weighted by Crippen LogP contribution is -2.25. The van der Waals surface area contributed by atoms with Gasteiger partial charge in [0.25, 0.3) is 0 Å². The number of halogens is 2. The molecule has 4 rings (SSSR count). The topological polar surface area (TPSA) is 75.9 Å². The molecule has 0 aliphatic carbocycles. The van der Waals surface area contributed by atoms with E-state index in [-0.39, 0.29) is 28.8 Å². The van der Waals surface area contributed by atoms with Gasteiger partial charge in [-0.05, 0) is 18.1 Å². The van der Waals surface area contributed by atoms with Gasteiger partial charge in [-0.15, -0.1) is 17.0 Å². The third-order valence-electron chi connectivity index (χ3n) is 5.19. The van der Waals surface area contributed by atoms with Crippen molar-refractivity contribution in [2.75, 3.05) is 19.6 Å². The zero-order valence-electron chi connectivity index (χ0n) is 16.2. The molecule has 0 spiro atoms. The lowest BCUT2D eigenvalue weighted by atomic mass is 10.0. The van der Waals surface area contributed by atoms with Crippen molar-refractivity contribution >= 4 is 45.7 Å². The Hall–Kier alpha value is -2.03. The minimum atomic E-state index is 0. The van der Waals surface area contributed by atoms with Gasteiger partial charge in [-0.3, -0.25) is 4.79 Å². The Morgan fingerprint density at radius 1 is 1.28 bits per heavy atom. The average Bonchev–Trinajstić information content (AvgIpc) is 3.32. The highest BCUT2D eigenvalue weighted by atomic mass is 79.9. The quantitative estimate of drug-likeness (QED) is 0.550. The molecule has 1 fully saturated rings. The highest BCUT2D eigenvalue weighted by Crippen LogP contribution is 2.30. The summed E-state index contributed by atoms with van der Waals surface area (Å²) < 4.78 is 1.91. The maximum absolute atomic E-state index is 11.7. The molecule has 29 heavy (non-hydrogen) atoms. The number of rotatable bonds is 6. The Kier molecular flexibility index (Phi) is 7.21. The van der Waals surface area contributed by atoms with E-state index >= 15 is 0 Å². The number of aromatic nitrogens is 4. The summed E-state index contributed by atoms with van der Waals surface area (Å²) in [5, 5.41) is 8.99. The van der Waals surface area contributed by atoms with Gasteiger partial charge in [0.2, 0.25) is 5.91 Å². The highest BCUT2D eigenvalue weighted by Gasteiger charge is 2.30. The van der Waals surface area contributed by atoms with Crippen molar-refractivity contribution < 1.29 is 4.79 Å². The average molecular weight is 480 g/mol. The van der Waals surface area contributed by atoms with E-state index in [0.29, 0.717) is 19.6 Å². The van der Waals surface area contributed by atoms with E-state index in [1.807, 2.05) is 33.8 Å². The van der Waals surface area contributed by atoms with E-state index in [1.165, 1.54) is 0 Å². The lowest BCUT2D eigenvalue weighted by Gasteiger charge is -2.12. The van der Waals surface area contributed by atoms with Crippen LogP contribution in [0.5, 0.6) is 0 Å². The Morgan fingerprint density at radius 2 is 2.07 bits per heavy atom. The largest absolute Gasteiger partial charge is 0.342 e. The number of fused-ring (bicyclic) bond motifs is 1. The van der Waals surface area contributed by atoms with E-state index in [9.17, 15) is 4.79 Å². The van der Waals surface area contributed by atoms with Gasteiger partial charge < -0.3 is 10.2 Å². The summed E-state index contributed by atoms with van der Waals surface area (Å²) in [7, 11) is 0. The van der Waals surface area contributed by atoms with Gasteiger partial charge in [0, 0.05) is 56.4 Å². The van der Waals surface area contributed by atoms with E-state index in [0.717, 1.165) is 47.0 Å². The molecule has 1 amide bonds. The van der Waals surface area contributed by atoms with Crippen LogP contribution in [0, 0.1) is 0 Å². The molecule has 0 radical (unpaired) electrons. The first-order chi connectivity index (χ1) is 13.6. The summed E-state index contributed by atoms with van der Waals surface area (Å²) >= 11 is 6.20. The number of likely N-dealkylation sites (tertiary alicyclic amines) is 1. The molecule has 1 unspecified atom stereocenters. The number of carbonyl (C=O) groups excluding carboxylic acids is 1. The molecule has 154 valence electrons. The SMILES string of the molecule is Br.CC(=O)N1CCC(c2nn(CCNCc3ccccc3Cl)c3nccnc23)C1. The standard InChI is InChI=1S/C20H23ClN6O.BrH/c1-14(28)26-10-6-16(13-26)18-19-20(24-8-7-23-19)27(25-18)11-9-22-12-15-4-2-3-5-17(15)21;/h2-5,7-8,16,22H,6,9-13H2,1H3;1H. The lowest BCUT2D eigenvalue weighted by molar-refractivity contribution is -0.127. The Morgan fingerprint density at radius 3 is 2.83 bits per heavy atom. The number of benzene rings is 1. The maximum atomic E-state index is 11.7. The zero-order valence-corrected chi connectivity index (χ0v) is 18.7. The molecule has 1 N–H and O–H groups in total. The minimum Gasteiger partial charge on any atom is -0.342 e. The molecule has 0 bridgehead atoms. The normalized spacial score (nSPS) is 16.2. The molecule has 1 aliphatic rings. The predicted molar refractivity (Wildman–Crippen MR) is 118 cm³/mol. The van der Waals surface area contributed by atoms with Crippen molar-refractivity contribution in [3.63, 3.8) is 0 Å². The van der Waals surface area contributed by atoms with Gasteiger partial charge >= 0.3 is 0 Å². The van der Waals surface area contributed by atoms with E-state index in [4.69, 9.17) is 16.7 Å². The molecule has 9 heteroatoms. The number of amides is 1. The van der Waals surface area contributed by atoms with Crippen LogP contribution in [0.25, 0.3) is 11.2 Å². The summed E-state index contributed by atoms with van der Waals surface area (Å²) in [5.41, 5.74) is 3.64. The minimum absolute atomic E-state index is 0. The van der Waals surface area contributed by atoms with Crippen LogP contribution in [-0.2, 0) is 17.9 Å². The van der Waals surface area contributed by atoms with Gasteiger partial charge in [-0.2, -0.15) is 5.10 Å². The molecule has 7 nitrogen and oxygen atoms in total. The van der Waals surface area contributed by atoms with Gasteiger partial charge in [0.15, 0.2) is 5.65 Å². The fraction of sp³-hybridized carbons (Fsp3) is 0.400. The van der Waals surface area contributed by atoms with E-state index < -0.39 is 0 Å². The molecule has 3 aromatic rings. The van der Waals surface area contributed by atoms with Crippen LogP contribution in [0.3, 0.4) is 0 Å². The summed E-state index contributed by atoms with van der Waals surface area (Å²) in [5.74, 6) is 0.321.